The molecule has 3 heteroatoms. The molecule has 1 aromatic rings. The van der Waals surface area contributed by atoms with E-state index >= 15 is 0 Å². The third-order valence-electron chi connectivity index (χ3n) is 4.07. The molecule has 0 spiro atoms. The van der Waals surface area contributed by atoms with E-state index in [1.807, 2.05) is 0 Å². The average Bonchev–Trinajstić information content (AvgIpc) is 2.84. The standard InChI is InChI=1S/C15H23IN2/c1-2-18(15-8-4-6-13(15)10-17)11-12-5-3-7-14(16)9-12/h3,5,7,9,13,15H,2,4,6,8,10-11,17H2,1H3. The quantitative estimate of drug-likeness (QED) is 0.819. The van der Waals surface area contributed by atoms with Crippen LogP contribution in [0.4, 0.5) is 0 Å². The number of rotatable bonds is 5. The molecular weight excluding hydrogens is 335 g/mol. The Hall–Kier alpha value is -0.130. The lowest BCUT2D eigenvalue weighted by atomic mass is 10.0. The van der Waals surface area contributed by atoms with E-state index in [0.717, 1.165) is 19.6 Å². The topological polar surface area (TPSA) is 29.3 Å². The van der Waals surface area contributed by atoms with Crippen molar-refractivity contribution in [1.82, 2.24) is 4.90 Å². The maximum atomic E-state index is 5.91. The molecule has 1 aliphatic rings. The van der Waals surface area contributed by atoms with Crippen LogP contribution in [-0.4, -0.2) is 24.0 Å². The highest BCUT2D eigenvalue weighted by atomic mass is 127. The van der Waals surface area contributed by atoms with Gasteiger partial charge in [0.1, 0.15) is 0 Å². The largest absolute Gasteiger partial charge is 0.330 e. The Kier molecular flexibility index (Phi) is 5.45. The van der Waals surface area contributed by atoms with Crippen LogP contribution in [0.25, 0.3) is 0 Å². The molecule has 100 valence electrons. The second kappa shape index (κ2) is 6.87. The van der Waals surface area contributed by atoms with Crippen LogP contribution in [0.3, 0.4) is 0 Å². The first-order valence-electron chi connectivity index (χ1n) is 6.93. The third-order valence-corrected chi connectivity index (χ3v) is 4.74. The molecule has 0 aliphatic heterocycles. The molecule has 2 rings (SSSR count). The highest BCUT2D eigenvalue weighted by Gasteiger charge is 2.30. The van der Waals surface area contributed by atoms with Crippen LogP contribution in [0.1, 0.15) is 31.7 Å². The Bertz CT molecular complexity index is 381. The molecule has 2 unspecified atom stereocenters. The van der Waals surface area contributed by atoms with Gasteiger partial charge >= 0.3 is 0 Å². The van der Waals surface area contributed by atoms with Gasteiger partial charge in [0.15, 0.2) is 0 Å². The minimum Gasteiger partial charge on any atom is -0.330 e. The van der Waals surface area contributed by atoms with Crippen LogP contribution in [0.15, 0.2) is 24.3 Å². The maximum Gasteiger partial charge on any atom is 0.0237 e. The summed E-state index contributed by atoms with van der Waals surface area (Å²) in [4.78, 5) is 2.61. The van der Waals surface area contributed by atoms with E-state index in [1.54, 1.807) is 0 Å². The van der Waals surface area contributed by atoms with Gasteiger partial charge in [-0.25, -0.2) is 0 Å². The van der Waals surface area contributed by atoms with Crippen molar-refractivity contribution in [2.75, 3.05) is 13.1 Å². The van der Waals surface area contributed by atoms with Gasteiger partial charge in [0, 0.05) is 16.2 Å². The average molecular weight is 358 g/mol. The predicted octanol–water partition coefficient (Wildman–Crippen LogP) is 3.24. The van der Waals surface area contributed by atoms with E-state index in [0.29, 0.717) is 12.0 Å². The molecule has 1 saturated carbocycles. The summed E-state index contributed by atoms with van der Waals surface area (Å²) >= 11 is 2.39. The summed E-state index contributed by atoms with van der Waals surface area (Å²) in [6, 6.07) is 9.52. The van der Waals surface area contributed by atoms with Gasteiger partial charge in [0.25, 0.3) is 0 Å². The monoisotopic (exact) mass is 358 g/mol. The van der Waals surface area contributed by atoms with Crippen LogP contribution in [0, 0.1) is 9.49 Å². The van der Waals surface area contributed by atoms with E-state index < -0.39 is 0 Å². The minimum absolute atomic E-state index is 0.692. The molecule has 2 N–H and O–H groups in total. The molecule has 0 aromatic heterocycles. The van der Waals surface area contributed by atoms with E-state index in [-0.39, 0.29) is 0 Å². The first-order chi connectivity index (χ1) is 8.74. The van der Waals surface area contributed by atoms with Crippen LogP contribution < -0.4 is 5.73 Å². The lowest BCUT2D eigenvalue weighted by Gasteiger charge is -2.31. The third kappa shape index (κ3) is 3.45. The molecule has 0 bridgehead atoms. The number of halogens is 1. The van der Waals surface area contributed by atoms with E-state index in [9.17, 15) is 0 Å². The van der Waals surface area contributed by atoms with Gasteiger partial charge in [-0.05, 0) is 72.1 Å². The highest BCUT2D eigenvalue weighted by Crippen LogP contribution is 2.30. The van der Waals surface area contributed by atoms with Crippen molar-refractivity contribution in [2.24, 2.45) is 11.7 Å². The van der Waals surface area contributed by atoms with Crippen molar-refractivity contribution < 1.29 is 0 Å². The second-order valence-electron chi connectivity index (χ2n) is 5.19. The Labute approximate surface area is 124 Å². The zero-order valence-corrected chi connectivity index (χ0v) is 13.3. The summed E-state index contributed by atoms with van der Waals surface area (Å²) < 4.78 is 1.32. The van der Waals surface area contributed by atoms with Gasteiger partial charge < -0.3 is 5.73 Å². The molecule has 0 radical (unpaired) electrons. The fourth-order valence-corrected chi connectivity index (χ4v) is 3.71. The summed E-state index contributed by atoms with van der Waals surface area (Å²) in [6.45, 7) is 5.29. The van der Waals surface area contributed by atoms with Crippen LogP contribution in [-0.2, 0) is 6.54 Å². The number of nitrogens with zero attached hydrogens (tertiary/aromatic N) is 1. The van der Waals surface area contributed by atoms with Gasteiger partial charge in [-0.3, -0.25) is 4.90 Å². The SMILES string of the molecule is CCN(Cc1cccc(I)c1)C1CCCC1CN. The highest BCUT2D eigenvalue weighted by molar-refractivity contribution is 14.1. The molecule has 2 nitrogen and oxygen atoms in total. The van der Waals surface area contributed by atoms with Gasteiger partial charge in [-0.15, -0.1) is 0 Å². The predicted molar refractivity (Wildman–Crippen MR) is 85.4 cm³/mol. The fourth-order valence-electron chi connectivity index (χ4n) is 3.11. The van der Waals surface area contributed by atoms with E-state index in [2.05, 4.69) is 58.7 Å². The second-order valence-corrected chi connectivity index (χ2v) is 6.43. The molecule has 2 atom stereocenters. The van der Waals surface area contributed by atoms with Crippen LogP contribution in [0.5, 0.6) is 0 Å². The van der Waals surface area contributed by atoms with Crippen molar-refractivity contribution in [3.63, 3.8) is 0 Å². The first-order valence-corrected chi connectivity index (χ1v) is 8.01. The molecule has 0 heterocycles. The number of benzene rings is 1. The molecule has 18 heavy (non-hydrogen) atoms. The van der Waals surface area contributed by atoms with Crippen molar-refractivity contribution in [3.05, 3.63) is 33.4 Å². The minimum atomic E-state index is 0.692. The summed E-state index contributed by atoms with van der Waals surface area (Å²) in [6.07, 6.45) is 3.97. The molecule has 1 fully saturated rings. The Balaban J connectivity index is 2.05. The van der Waals surface area contributed by atoms with Gasteiger partial charge in [0.05, 0.1) is 0 Å². The summed E-state index contributed by atoms with van der Waals surface area (Å²) in [5, 5.41) is 0. The number of nitrogens with two attached hydrogens (primary N) is 1. The molecule has 0 saturated heterocycles. The van der Waals surface area contributed by atoms with Gasteiger partial charge in [-0.1, -0.05) is 25.5 Å². The van der Waals surface area contributed by atoms with Crippen molar-refractivity contribution in [3.8, 4) is 0 Å². The number of hydrogen-bond donors (Lipinski definition) is 1. The fraction of sp³-hybridized carbons (Fsp3) is 0.600. The van der Waals surface area contributed by atoms with Gasteiger partial charge in [-0.2, -0.15) is 0 Å². The molecule has 1 aromatic carbocycles. The van der Waals surface area contributed by atoms with Crippen molar-refractivity contribution in [1.29, 1.82) is 0 Å². The van der Waals surface area contributed by atoms with Crippen LogP contribution >= 0.6 is 22.6 Å². The Morgan fingerprint density at radius 2 is 2.22 bits per heavy atom. The molecule has 1 aliphatic carbocycles. The maximum absolute atomic E-state index is 5.91. The molecule has 0 amide bonds. The normalized spacial score (nSPS) is 23.8. The van der Waals surface area contributed by atoms with E-state index in [4.69, 9.17) is 5.73 Å². The first kappa shape index (κ1) is 14.3. The summed E-state index contributed by atoms with van der Waals surface area (Å²) in [5.41, 5.74) is 7.33. The summed E-state index contributed by atoms with van der Waals surface area (Å²) in [5.74, 6) is 0.702. The zero-order valence-electron chi connectivity index (χ0n) is 11.1. The van der Waals surface area contributed by atoms with Gasteiger partial charge in [0.2, 0.25) is 0 Å². The zero-order chi connectivity index (χ0) is 13.0. The van der Waals surface area contributed by atoms with Crippen molar-refractivity contribution >= 4 is 22.6 Å². The van der Waals surface area contributed by atoms with E-state index in [1.165, 1.54) is 28.4 Å². The van der Waals surface area contributed by atoms with Crippen molar-refractivity contribution in [2.45, 2.75) is 38.8 Å². The number of hydrogen-bond acceptors (Lipinski definition) is 2. The lowest BCUT2D eigenvalue weighted by molar-refractivity contribution is 0.162. The lowest BCUT2D eigenvalue weighted by Crippen LogP contribution is -2.39. The smallest absolute Gasteiger partial charge is 0.0237 e. The Morgan fingerprint density at radius 1 is 1.39 bits per heavy atom. The summed E-state index contributed by atoms with van der Waals surface area (Å²) in [7, 11) is 0. The Morgan fingerprint density at radius 3 is 2.89 bits per heavy atom. The molecular formula is C15H23IN2. The van der Waals surface area contributed by atoms with Crippen LogP contribution in [0.2, 0.25) is 0 Å².